The lowest BCUT2D eigenvalue weighted by Gasteiger charge is -2.10. The first-order valence-corrected chi connectivity index (χ1v) is 7.05. The molecule has 0 saturated heterocycles. The van der Waals surface area contributed by atoms with Gasteiger partial charge in [0, 0.05) is 16.5 Å². The lowest BCUT2D eigenvalue weighted by Crippen LogP contribution is -2.08. The SMILES string of the molecule is CCCCCCC(=O)c1ccc(Br)c(C(F)(F)F)c1. The van der Waals surface area contributed by atoms with Gasteiger partial charge in [0.1, 0.15) is 0 Å². The summed E-state index contributed by atoms with van der Waals surface area (Å²) in [4.78, 5) is 11.8. The first-order valence-electron chi connectivity index (χ1n) is 6.26. The molecule has 0 spiro atoms. The number of carbonyl (C=O) groups excluding carboxylic acids is 1. The Morgan fingerprint density at radius 3 is 2.47 bits per heavy atom. The summed E-state index contributed by atoms with van der Waals surface area (Å²) in [6, 6.07) is 3.63. The standard InChI is InChI=1S/C14H16BrF3O/c1-2-3-4-5-6-13(19)10-7-8-12(15)11(9-10)14(16,17)18/h7-9H,2-6H2,1H3. The molecule has 1 nitrogen and oxygen atoms in total. The van der Waals surface area contributed by atoms with Gasteiger partial charge in [-0.25, -0.2) is 0 Å². The van der Waals surface area contributed by atoms with Gasteiger partial charge in [-0.2, -0.15) is 13.2 Å². The van der Waals surface area contributed by atoms with Gasteiger partial charge in [-0.3, -0.25) is 4.79 Å². The van der Waals surface area contributed by atoms with Gasteiger partial charge in [-0.05, 0) is 18.6 Å². The summed E-state index contributed by atoms with van der Waals surface area (Å²) in [7, 11) is 0. The van der Waals surface area contributed by atoms with Crippen LogP contribution >= 0.6 is 15.9 Å². The number of halogens is 4. The van der Waals surface area contributed by atoms with Crippen LogP contribution < -0.4 is 0 Å². The number of Topliss-reactive ketones (excluding diaryl/α,β-unsaturated/α-hetero) is 1. The maximum Gasteiger partial charge on any atom is 0.417 e. The molecule has 0 aliphatic heterocycles. The van der Waals surface area contributed by atoms with Gasteiger partial charge in [0.05, 0.1) is 5.56 Å². The van der Waals surface area contributed by atoms with Gasteiger partial charge < -0.3 is 0 Å². The zero-order chi connectivity index (χ0) is 14.5. The van der Waals surface area contributed by atoms with Crippen molar-refractivity contribution in [2.45, 2.75) is 45.2 Å². The summed E-state index contributed by atoms with van der Waals surface area (Å²) in [5.74, 6) is -0.228. The largest absolute Gasteiger partial charge is 0.417 e. The molecule has 106 valence electrons. The molecular weight excluding hydrogens is 321 g/mol. The maximum atomic E-state index is 12.7. The molecule has 5 heteroatoms. The van der Waals surface area contributed by atoms with E-state index in [1.54, 1.807) is 0 Å². The molecule has 0 aliphatic carbocycles. The molecule has 1 aromatic rings. The Kier molecular flexibility index (Phi) is 6.04. The number of ketones is 1. The van der Waals surface area contributed by atoms with Crippen LogP contribution in [0.15, 0.2) is 22.7 Å². The second-order valence-corrected chi connectivity index (χ2v) is 5.28. The van der Waals surface area contributed by atoms with E-state index >= 15 is 0 Å². The number of alkyl halides is 3. The van der Waals surface area contributed by atoms with Crippen molar-refractivity contribution >= 4 is 21.7 Å². The number of unbranched alkanes of at least 4 members (excludes halogenated alkanes) is 3. The van der Waals surface area contributed by atoms with Gasteiger partial charge in [0.25, 0.3) is 0 Å². The molecule has 0 N–H and O–H groups in total. The van der Waals surface area contributed by atoms with Crippen LogP contribution in [-0.2, 0) is 6.18 Å². The van der Waals surface area contributed by atoms with E-state index in [0.29, 0.717) is 6.42 Å². The molecule has 0 atom stereocenters. The molecule has 0 bridgehead atoms. The predicted molar refractivity (Wildman–Crippen MR) is 72.2 cm³/mol. The van der Waals surface area contributed by atoms with Crippen LogP contribution in [-0.4, -0.2) is 5.78 Å². The van der Waals surface area contributed by atoms with E-state index in [9.17, 15) is 18.0 Å². The Bertz CT molecular complexity index is 441. The second kappa shape index (κ2) is 7.08. The maximum absolute atomic E-state index is 12.7. The minimum Gasteiger partial charge on any atom is -0.294 e. The predicted octanol–water partition coefficient (Wildman–Crippen LogP) is 5.62. The van der Waals surface area contributed by atoms with Gasteiger partial charge in [-0.15, -0.1) is 0 Å². The molecule has 1 aromatic carbocycles. The first-order chi connectivity index (χ1) is 8.86. The highest BCUT2D eigenvalue weighted by atomic mass is 79.9. The van der Waals surface area contributed by atoms with E-state index in [1.165, 1.54) is 12.1 Å². The number of hydrogen-bond donors (Lipinski definition) is 0. The van der Waals surface area contributed by atoms with Crippen molar-refractivity contribution in [1.29, 1.82) is 0 Å². The fraction of sp³-hybridized carbons (Fsp3) is 0.500. The molecule has 0 amide bonds. The van der Waals surface area contributed by atoms with Crippen molar-refractivity contribution in [3.8, 4) is 0 Å². The van der Waals surface area contributed by atoms with Crippen molar-refractivity contribution in [3.05, 3.63) is 33.8 Å². The summed E-state index contributed by atoms with van der Waals surface area (Å²) in [5, 5.41) is 0. The minimum absolute atomic E-state index is 0.0393. The third-order valence-corrected chi connectivity index (χ3v) is 3.54. The highest BCUT2D eigenvalue weighted by Crippen LogP contribution is 2.35. The average molecular weight is 337 g/mol. The van der Waals surface area contributed by atoms with E-state index in [-0.39, 0.29) is 15.8 Å². The second-order valence-electron chi connectivity index (χ2n) is 4.43. The molecule has 0 saturated carbocycles. The summed E-state index contributed by atoms with van der Waals surface area (Å²) < 4.78 is 38.1. The van der Waals surface area contributed by atoms with E-state index in [0.717, 1.165) is 31.7 Å². The monoisotopic (exact) mass is 336 g/mol. The molecule has 0 radical (unpaired) electrons. The van der Waals surface area contributed by atoms with Crippen LogP contribution in [0, 0.1) is 0 Å². The van der Waals surface area contributed by atoms with Crippen molar-refractivity contribution in [2.75, 3.05) is 0 Å². The van der Waals surface area contributed by atoms with E-state index in [4.69, 9.17) is 0 Å². The third kappa shape index (κ3) is 4.97. The summed E-state index contributed by atoms with van der Waals surface area (Å²) in [6.45, 7) is 2.06. The van der Waals surface area contributed by atoms with Gasteiger partial charge in [0.15, 0.2) is 5.78 Å². The Morgan fingerprint density at radius 2 is 1.89 bits per heavy atom. The topological polar surface area (TPSA) is 17.1 Å². The molecule has 1 rings (SSSR count). The van der Waals surface area contributed by atoms with Crippen LogP contribution in [0.1, 0.15) is 54.9 Å². The number of rotatable bonds is 6. The van der Waals surface area contributed by atoms with Crippen LogP contribution in [0.3, 0.4) is 0 Å². The molecule has 0 aliphatic rings. The van der Waals surface area contributed by atoms with Crippen LogP contribution in [0.25, 0.3) is 0 Å². The van der Waals surface area contributed by atoms with Gasteiger partial charge >= 0.3 is 6.18 Å². The molecule has 0 heterocycles. The first kappa shape index (κ1) is 16.2. The molecule has 0 aromatic heterocycles. The van der Waals surface area contributed by atoms with Gasteiger partial charge in [-0.1, -0.05) is 48.2 Å². The zero-order valence-electron chi connectivity index (χ0n) is 10.7. The lowest BCUT2D eigenvalue weighted by molar-refractivity contribution is -0.138. The van der Waals surface area contributed by atoms with E-state index in [2.05, 4.69) is 22.9 Å². The fourth-order valence-corrected chi connectivity index (χ4v) is 2.24. The van der Waals surface area contributed by atoms with E-state index in [1.807, 2.05) is 0 Å². The third-order valence-electron chi connectivity index (χ3n) is 2.85. The Labute approximate surface area is 119 Å². The highest BCUT2D eigenvalue weighted by Gasteiger charge is 2.33. The van der Waals surface area contributed by atoms with Crippen molar-refractivity contribution < 1.29 is 18.0 Å². The van der Waals surface area contributed by atoms with Crippen LogP contribution in [0.2, 0.25) is 0 Å². The highest BCUT2D eigenvalue weighted by molar-refractivity contribution is 9.10. The Balaban J connectivity index is 2.76. The van der Waals surface area contributed by atoms with Crippen molar-refractivity contribution in [2.24, 2.45) is 0 Å². The molecule has 19 heavy (non-hydrogen) atoms. The minimum atomic E-state index is -4.45. The van der Waals surface area contributed by atoms with Gasteiger partial charge in [0.2, 0.25) is 0 Å². The number of carbonyl (C=O) groups is 1. The Morgan fingerprint density at radius 1 is 1.21 bits per heavy atom. The van der Waals surface area contributed by atoms with Crippen molar-refractivity contribution in [1.82, 2.24) is 0 Å². The lowest BCUT2D eigenvalue weighted by atomic mass is 10.0. The number of hydrogen-bond acceptors (Lipinski definition) is 1. The summed E-state index contributed by atoms with van der Waals surface area (Å²) >= 11 is 2.86. The van der Waals surface area contributed by atoms with Crippen molar-refractivity contribution in [3.63, 3.8) is 0 Å². The summed E-state index contributed by atoms with van der Waals surface area (Å²) in [6.07, 6.45) is -0.378. The average Bonchev–Trinajstić information content (AvgIpc) is 2.33. The normalized spacial score (nSPS) is 11.6. The van der Waals surface area contributed by atoms with Crippen LogP contribution in [0.4, 0.5) is 13.2 Å². The molecule has 0 fully saturated rings. The van der Waals surface area contributed by atoms with Crippen LogP contribution in [0.5, 0.6) is 0 Å². The smallest absolute Gasteiger partial charge is 0.294 e. The molecule has 0 unspecified atom stereocenters. The van der Waals surface area contributed by atoms with E-state index < -0.39 is 11.7 Å². The molecular formula is C14H16BrF3O. The fourth-order valence-electron chi connectivity index (χ4n) is 1.77. The summed E-state index contributed by atoms with van der Waals surface area (Å²) in [5.41, 5.74) is -0.668. The quantitative estimate of drug-likeness (QED) is 0.486. The Hall–Kier alpha value is -0.840. The number of benzene rings is 1. The zero-order valence-corrected chi connectivity index (χ0v) is 12.3.